The van der Waals surface area contributed by atoms with Crippen molar-refractivity contribution in [2.45, 2.75) is 18.1 Å². The van der Waals surface area contributed by atoms with Gasteiger partial charge in [-0.1, -0.05) is 30.0 Å². The monoisotopic (exact) mass is 356 g/mol. The average Bonchev–Trinajstić information content (AvgIpc) is 3.24. The largest absolute Gasteiger partial charge is 0.411 e. The number of thioether (sulfide) groups is 1. The number of hydrogen-bond acceptors (Lipinski definition) is 8. The molecule has 2 aromatic heterocycles. The number of Topliss-reactive ketones (excluding diaryl/α,β-unsaturated/α-hetero) is 1. The number of carbonyl (C=O) groups is 1. The van der Waals surface area contributed by atoms with Crippen molar-refractivity contribution in [2.24, 2.45) is 0 Å². The fourth-order valence-corrected chi connectivity index (χ4v) is 3.48. The first kappa shape index (κ1) is 16.4. The molecule has 0 aliphatic heterocycles. The Hall–Kier alpha value is -2.50. The number of rotatable bonds is 6. The summed E-state index contributed by atoms with van der Waals surface area (Å²) in [6, 6.07) is 11.4. The van der Waals surface area contributed by atoms with E-state index in [0.717, 1.165) is 23.0 Å². The zero-order valence-electron chi connectivity index (χ0n) is 12.7. The topological polar surface area (TPSA) is 92.7 Å². The van der Waals surface area contributed by atoms with Gasteiger partial charge in [-0.05, 0) is 19.1 Å². The van der Waals surface area contributed by atoms with Crippen LogP contribution in [0.1, 0.15) is 16.6 Å². The lowest BCUT2D eigenvalue weighted by Crippen LogP contribution is -2.13. The molecule has 0 N–H and O–H groups in total. The van der Waals surface area contributed by atoms with Gasteiger partial charge < -0.3 is 4.42 Å². The lowest BCUT2D eigenvalue weighted by atomic mass is 10.1. The Morgan fingerprint density at radius 3 is 2.83 bits per heavy atom. The summed E-state index contributed by atoms with van der Waals surface area (Å²) in [6.45, 7) is 1.83. The van der Waals surface area contributed by atoms with Crippen molar-refractivity contribution >= 4 is 28.9 Å². The number of nitrogens with zero attached hydrogens (tertiary/aromatic N) is 4. The third-order valence-electron chi connectivity index (χ3n) is 3.10. The molecule has 24 heavy (non-hydrogen) atoms. The summed E-state index contributed by atoms with van der Waals surface area (Å²) >= 11 is 2.44. The van der Waals surface area contributed by atoms with Crippen molar-refractivity contribution in [2.75, 3.05) is 5.75 Å². The molecule has 8 heteroatoms. The van der Waals surface area contributed by atoms with E-state index in [9.17, 15) is 10.1 Å². The smallest absolute Gasteiger partial charge is 0.277 e. The summed E-state index contributed by atoms with van der Waals surface area (Å²) in [4.78, 5) is 16.5. The summed E-state index contributed by atoms with van der Waals surface area (Å²) in [5.41, 5.74) is 1.62. The van der Waals surface area contributed by atoms with Crippen molar-refractivity contribution in [1.82, 2.24) is 15.2 Å². The maximum atomic E-state index is 12.3. The molecule has 0 amide bonds. The van der Waals surface area contributed by atoms with Gasteiger partial charge in [-0.25, -0.2) is 4.98 Å². The van der Waals surface area contributed by atoms with Crippen LogP contribution in [0.15, 0.2) is 45.4 Å². The van der Waals surface area contributed by atoms with Crippen LogP contribution >= 0.6 is 23.1 Å². The number of ketones is 1. The molecule has 1 atom stereocenters. The van der Waals surface area contributed by atoms with Gasteiger partial charge >= 0.3 is 0 Å². The second-order valence-electron chi connectivity index (χ2n) is 4.88. The predicted octanol–water partition coefficient (Wildman–Crippen LogP) is 3.47. The minimum Gasteiger partial charge on any atom is -0.411 e. The van der Waals surface area contributed by atoms with Crippen molar-refractivity contribution in [1.29, 1.82) is 5.26 Å². The van der Waals surface area contributed by atoms with E-state index in [1.807, 2.05) is 48.7 Å². The molecule has 0 bridgehead atoms. The third-order valence-corrected chi connectivity index (χ3v) is 4.97. The zero-order chi connectivity index (χ0) is 16.9. The van der Waals surface area contributed by atoms with Crippen molar-refractivity contribution in [3.8, 4) is 17.5 Å². The van der Waals surface area contributed by atoms with Gasteiger partial charge in [0.05, 0.1) is 11.8 Å². The summed E-state index contributed by atoms with van der Waals surface area (Å²) in [6.07, 6.45) is 0. The third kappa shape index (κ3) is 3.69. The van der Waals surface area contributed by atoms with Crippen molar-refractivity contribution in [3.05, 3.63) is 46.4 Å². The minimum atomic E-state index is -0.854. The highest BCUT2D eigenvalue weighted by atomic mass is 32.2. The molecule has 0 radical (unpaired) electrons. The Labute approximate surface area is 146 Å². The molecule has 0 saturated carbocycles. The lowest BCUT2D eigenvalue weighted by Gasteiger charge is -2.02. The predicted molar refractivity (Wildman–Crippen MR) is 90.7 cm³/mol. The molecule has 1 aromatic carbocycles. The van der Waals surface area contributed by atoms with Crippen molar-refractivity contribution < 1.29 is 9.21 Å². The number of hydrogen-bond donors (Lipinski definition) is 0. The van der Waals surface area contributed by atoms with Crippen LogP contribution in [-0.4, -0.2) is 26.7 Å². The van der Waals surface area contributed by atoms with E-state index in [0.29, 0.717) is 16.1 Å². The average molecular weight is 356 g/mol. The molecule has 0 aliphatic carbocycles. The standard InChI is InChI=1S/C16H12N4O2S2/c1-10-8-23-15(18-10)12(7-17)13(21)9-24-16-20-19-14(22-16)11-5-3-2-4-6-11/h2-6,8,12H,9H2,1H3/t12-/m1/s1. The molecule has 2 heterocycles. The molecule has 0 unspecified atom stereocenters. The quantitative estimate of drug-likeness (QED) is 0.624. The molecule has 3 aromatic rings. The van der Waals surface area contributed by atoms with Crippen LogP contribution in [0.4, 0.5) is 0 Å². The maximum absolute atomic E-state index is 12.3. The van der Waals surface area contributed by atoms with Gasteiger partial charge in [0.25, 0.3) is 5.22 Å². The van der Waals surface area contributed by atoms with Gasteiger partial charge in [0.1, 0.15) is 5.01 Å². The molecule has 0 aliphatic rings. The number of carbonyl (C=O) groups excluding carboxylic acids is 1. The maximum Gasteiger partial charge on any atom is 0.277 e. The van der Waals surface area contributed by atoms with Gasteiger partial charge in [-0.3, -0.25) is 4.79 Å². The van der Waals surface area contributed by atoms with Gasteiger partial charge in [0.15, 0.2) is 11.7 Å². The Morgan fingerprint density at radius 2 is 2.17 bits per heavy atom. The van der Waals surface area contributed by atoms with E-state index >= 15 is 0 Å². The molecule has 120 valence electrons. The van der Waals surface area contributed by atoms with Crippen LogP contribution in [0.3, 0.4) is 0 Å². The SMILES string of the molecule is Cc1csc([C@H](C#N)C(=O)CSc2nnc(-c3ccccc3)o2)n1. The van der Waals surface area contributed by atoms with Crippen LogP contribution in [0.25, 0.3) is 11.5 Å². The summed E-state index contributed by atoms with van der Waals surface area (Å²) in [5.74, 6) is -0.602. The van der Waals surface area contributed by atoms with E-state index in [1.54, 1.807) is 0 Å². The highest BCUT2D eigenvalue weighted by molar-refractivity contribution is 7.99. The Balaban J connectivity index is 1.64. The van der Waals surface area contributed by atoms with E-state index < -0.39 is 5.92 Å². The van der Waals surface area contributed by atoms with E-state index in [1.165, 1.54) is 11.3 Å². The van der Waals surface area contributed by atoms with E-state index in [4.69, 9.17) is 4.42 Å². The molecule has 0 fully saturated rings. The fraction of sp³-hybridized carbons (Fsp3) is 0.188. The van der Waals surface area contributed by atoms with Gasteiger partial charge in [-0.2, -0.15) is 5.26 Å². The lowest BCUT2D eigenvalue weighted by molar-refractivity contribution is -0.116. The molecule has 3 rings (SSSR count). The summed E-state index contributed by atoms with van der Waals surface area (Å²) < 4.78 is 5.54. The van der Waals surface area contributed by atoms with E-state index in [2.05, 4.69) is 15.2 Å². The first-order valence-electron chi connectivity index (χ1n) is 7.03. The number of aromatic nitrogens is 3. The number of thiazole rings is 1. The van der Waals surface area contributed by atoms with Crippen LogP contribution in [0.2, 0.25) is 0 Å². The van der Waals surface area contributed by atoms with Gasteiger partial charge in [0.2, 0.25) is 5.89 Å². The molecule has 0 saturated heterocycles. The number of nitriles is 1. The first-order valence-corrected chi connectivity index (χ1v) is 8.90. The molecule has 6 nitrogen and oxygen atoms in total. The normalized spacial score (nSPS) is 11.8. The van der Waals surface area contributed by atoms with Crippen LogP contribution in [0, 0.1) is 18.3 Å². The van der Waals surface area contributed by atoms with Gasteiger partial charge in [-0.15, -0.1) is 21.5 Å². The Bertz CT molecular complexity index is 883. The number of benzene rings is 1. The zero-order valence-corrected chi connectivity index (χ0v) is 14.3. The summed E-state index contributed by atoms with van der Waals surface area (Å²) in [7, 11) is 0. The minimum absolute atomic E-state index is 0.0767. The van der Waals surface area contributed by atoms with Crippen LogP contribution in [0.5, 0.6) is 0 Å². The highest BCUT2D eigenvalue weighted by Crippen LogP contribution is 2.26. The highest BCUT2D eigenvalue weighted by Gasteiger charge is 2.24. The number of aryl methyl sites for hydroxylation is 1. The first-order chi connectivity index (χ1) is 11.7. The Kier molecular flexibility index (Phi) is 5.03. The summed E-state index contributed by atoms with van der Waals surface area (Å²) in [5, 5.41) is 19.8. The molecular formula is C16H12N4O2S2. The van der Waals surface area contributed by atoms with Crippen molar-refractivity contribution in [3.63, 3.8) is 0 Å². The van der Waals surface area contributed by atoms with Gasteiger partial charge in [0, 0.05) is 16.6 Å². The van der Waals surface area contributed by atoms with E-state index in [-0.39, 0.29) is 11.5 Å². The Morgan fingerprint density at radius 1 is 1.38 bits per heavy atom. The van der Waals surface area contributed by atoms with Crippen LogP contribution < -0.4 is 0 Å². The molecule has 0 spiro atoms. The second-order valence-corrected chi connectivity index (χ2v) is 6.70. The van der Waals surface area contributed by atoms with Crippen LogP contribution in [-0.2, 0) is 4.79 Å². The fourth-order valence-electron chi connectivity index (χ4n) is 1.95. The second kappa shape index (κ2) is 7.38. The molecular weight excluding hydrogens is 344 g/mol.